The lowest BCUT2D eigenvalue weighted by Crippen LogP contribution is -2.26. The van der Waals surface area contributed by atoms with Crippen molar-refractivity contribution in [1.29, 1.82) is 0 Å². The summed E-state index contributed by atoms with van der Waals surface area (Å²) in [7, 11) is 2.05. The molecule has 0 aliphatic carbocycles. The minimum Gasteiger partial charge on any atom is -0.396 e. The molecule has 3 heteroatoms. The molecule has 17 heavy (non-hydrogen) atoms. The SMILES string of the molecule is Cn1ccc2cc(NCC(C)(C)CO)ccc21. The maximum Gasteiger partial charge on any atom is 0.0498 e. The first kappa shape index (κ1) is 12.0. The van der Waals surface area contributed by atoms with Crippen LogP contribution in [0, 0.1) is 5.41 Å². The fourth-order valence-electron chi connectivity index (χ4n) is 1.79. The van der Waals surface area contributed by atoms with Crippen molar-refractivity contribution < 1.29 is 5.11 Å². The highest BCUT2D eigenvalue weighted by molar-refractivity contribution is 5.83. The van der Waals surface area contributed by atoms with Crippen molar-refractivity contribution in [3.8, 4) is 0 Å². The molecule has 92 valence electrons. The summed E-state index contributed by atoms with van der Waals surface area (Å²) in [6.45, 7) is 5.04. The molecule has 0 bridgehead atoms. The third-order valence-electron chi connectivity index (χ3n) is 3.08. The standard InChI is InChI=1S/C14H20N2O/c1-14(2,10-17)9-15-12-4-5-13-11(8-12)6-7-16(13)3/h4-8,15,17H,9-10H2,1-3H3. The number of anilines is 1. The smallest absolute Gasteiger partial charge is 0.0498 e. The molecule has 2 aromatic rings. The molecule has 0 radical (unpaired) electrons. The Labute approximate surface area is 102 Å². The number of aliphatic hydroxyl groups is 1. The molecule has 0 saturated heterocycles. The molecule has 0 aliphatic heterocycles. The highest BCUT2D eigenvalue weighted by Crippen LogP contribution is 2.21. The molecule has 0 spiro atoms. The van der Waals surface area contributed by atoms with Crippen LogP contribution in [0.2, 0.25) is 0 Å². The summed E-state index contributed by atoms with van der Waals surface area (Å²) < 4.78 is 2.11. The monoisotopic (exact) mass is 232 g/mol. The first-order valence-corrected chi connectivity index (χ1v) is 5.92. The Morgan fingerprint density at radius 2 is 2.06 bits per heavy atom. The van der Waals surface area contributed by atoms with Crippen LogP contribution >= 0.6 is 0 Å². The van der Waals surface area contributed by atoms with Crippen molar-refractivity contribution >= 4 is 16.6 Å². The first-order chi connectivity index (χ1) is 8.02. The summed E-state index contributed by atoms with van der Waals surface area (Å²) >= 11 is 0. The Morgan fingerprint density at radius 3 is 2.76 bits per heavy atom. The predicted octanol–water partition coefficient (Wildman–Crippen LogP) is 2.61. The van der Waals surface area contributed by atoms with E-state index in [-0.39, 0.29) is 12.0 Å². The van der Waals surface area contributed by atoms with Crippen LogP contribution in [0.25, 0.3) is 10.9 Å². The lowest BCUT2D eigenvalue weighted by atomic mass is 9.95. The number of aryl methyl sites for hydroxylation is 1. The first-order valence-electron chi connectivity index (χ1n) is 5.92. The molecule has 0 unspecified atom stereocenters. The molecule has 0 saturated carbocycles. The van der Waals surface area contributed by atoms with Crippen LogP contribution in [-0.2, 0) is 7.05 Å². The molecule has 0 aliphatic rings. The summed E-state index contributed by atoms with van der Waals surface area (Å²) in [5.41, 5.74) is 2.24. The van der Waals surface area contributed by atoms with Gasteiger partial charge in [-0.25, -0.2) is 0 Å². The largest absolute Gasteiger partial charge is 0.396 e. The number of aliphatic hydroxyl groups excluding tert-OH is 1. The van der Waals surface area contributed by atoms with E-state index in [4.69, 9.17) is 0 Å². The van der Waals surface area contributed by atoms with Gasteiger partial charge in [-0.2, -0.15) is 0 Å². The predicted molar refractivity (Wildman–Crippen MR) is 72.3 cm³/mol. The van der Waals surface area contributed by atoms with Gasteiger partial charge in [-0.3, -0.25) is 0 Å². The van der Waals surface area contributed by atoms with Gasteiger partial charge in [0.05, 0.1) is 0 Å². The van der Waals surface area contributed by atoms with Gasteiger partial charge in [0.15, 0.2) is 0 Å². The van der Waals surface area contributed by atoms with Gasteiger partial charge in [0.25, 0.3) is 0 Å². The average Bonchev–Trinajstić information content (AvgIpc) is 2.68. The van der Waals surface area contributed by atoms with Crippen LogP contribution in [0.3, 0.4) is 0 Å². The van der Waals surface area contributed by atoms with Gasteiger partial charge in [-0.05, 0) is 24.3 Å². The number of rotatable bonds is 4. The molecular weight excluding hydrogens is 212 g/mol. The number of fused-ring (bicyclic) bond motifs is 1. The second kappa shape index (κ2) is 4.41. The molecular formula is C14H20N2O. The Balaban J connectivity index is 2.15. The van der Waals surface area contributed by atoms with Gasteiger partial charge < -0.3 is 15.0 Å². The molecule has 2 N–H and O–H groups in total. The summed E-state index contributed by atoms with van der Waals surface area (Å²) in [5, 5.41) is 13.8. The number of aromatic nitrogens is 1. The van der Waals surface area contributed by atoms with Crippen molar-refractivity contribution in [3.63, 3.8) is 0 Å². The highest BCUT2D eigenvalue weighted by Gasteiger charge is 2.15. The minimum atomic E-state index is -0.0916. The van der Waals surface area contributed by atoms with E-state index in [9.17, 15) is 5.11 Å². The number of benzene rings is 1. The van der Waals surface area contributed by atoms with Crippen LogP contribution in [0.1, 0.15) is 13.8 Å². The average molecular weight is 232 g/mol. The van der Waals surface area contributed by atoms with E-state index in [0.29, 0.717) is 0 Å². The number of nitrogens with one attached hydrogen (secondary N) is 1. The number of hydrogen-bond donors (Lipinski definition) is 2. The Kier molecular flexibility index (Phi) is 3.11. The van der Waals surface area contributed by atoms with Gasteiger partial charge in [0.1, 0.15) is 0 Å². The van der Waals surface area contributed by atoms with Crippen molar-refractivity contribution in [2.24, 2.45) is 12.5 Å². The van der Waals surface area contributed by atoms with Crippen molar-refractivity contribution in [1.82, 2.24) is 4.57 Å². The zero-order chi connectivity index (χ0) is 12.5. The van der Waals surface area contributed by atoms with E-state index in [1.807, 2.05) is 20.9 Å². The van der Waals surface area contributed by atoms with E-state index in [2.05, 4.69) is 40.3 Å². The molecule has 2 rings (SSSR count). The van der Waals surface area contributed by atoms with Crippen LogP contribution in [-0.4, -0.2) is 22.8 Å². The van der Waals surface area contributed by atoms with Gasteiger partial charge in [-0.15, -0.1) is 0 Å². The summed E-state index contributed by atoms with van der Waals surface area (Å²) in [5.74, 6) is 0. The maximum absolute atomic E-state index is 9.20. The molecule has 1 heterocycles. The topological polar surface area (TPSA) is 37.2 Å². The van der Waals surface area contributed by atoms with E-state index >= 15 is 0 Å². The second-order valence-corrected chi connectivity index (χ2v) is 5.38. The number of nitrogens with zero attached hydrogens (tertiary/aromatic N) is 1. The van der Waals surface area contributed by atoms with Gasteiger partial charge in [-0.1, -0.05) is 13.8 Å². The van der Waals surface area contributed by atoms with E-state index in [0.717, 1.165) is 12.2 Å². The normalized spacial score (nSPS) is 12.0. The van der Waals surface area contributed by atoms with Crippen LogP contribution < -0.4 is 5.32 Å². The highest BCUT2D eigenvalue weighted by atomic mass is 16.3. The lowest BCUT2D eigenvalue weighted by Gasteiger charge is -2.22. The zero-order valence-corrected chi connectivity index (χ0v) is 10.7. The van der Waals surface area contributed by atoms with E-state index < -0.39 is 0 Å². The third kappa shape index (κ3) is 2.61. The van der Waals surface area contributed by atoms with Crippen molar-refractivity contribution in [2.75, 3.05) is 18.5 Å². The van der Waals surface area contributed by atoms with E-state index in [1.54, 1.807) is 0 Å². The second-order valence-electron chi connectivity index (χ2n) is 5.38. The van der Waals surface area contributed by atoms with E-state index in [1.165, 1.54) is 10.9 Å². The fourth-order valence-corrected chi connectivity index (χ4v) is 1.79. The van der Waals surface area contributed by atoms with Crippen molar-refractivity contribution in [2.45, 2.75) is 13.8 Å². The van der Waals surface area contributed by atoms with Crippen molar-refractivity contribution in [3.05, 3.63) is 30.5 Å². The molecule has 0 amide bonds. The third-order valence-corrected chi connectivity index (χ3v) is 3.08. The molecule has 1 aromatic heterocycles. The Bertz CT molecular complexity index is 514. The maximum atomic E-state index is 9.20. The summed E-state index contributed by atoms with van der Waals surface area (Å²) in [6.07, 6.45) is 2.06. The van der Waals surface area contributed by atoms with Gasteiger partial charge in [0.2, 0.25) is 0 Å². The van der Waals surface area contributed by atoms with Crippen LogP contribution in [0.15, 0.2) is 30.5 Å². The fraction of sp³-hybridized carbons (Fsp3) is 0.429. The quantitative estimate of drug-likeness (QED) is 0.850. The molecule has 3 nitrogen and oxygen atoms in total. The Morgan fingerprint density at radius 1 is 1.29 bits per heavy atom. The number of hydrogen-bond acceptors (Lipinski definition) is 2. The van der Waals surface area contributed by atoms with Gasteiger partial charge >= 0.3 is 0 Å². The van der Waals surface area contributed by atoms with Gasteiger partial charge in [0, 0.05) is 48.4 Å². The summed E-state index contributed by atoms with van der Waals surface area (Å²) in [6, 6.07) is 8.44. The van der Waals surface area contributed by atoms with Crippen LogP contribution in [0.4, 0.5) is 5.69 Å². The molecule has 0 fully saturated rings. The zero-order valence-electron chi connectivity index (χ0n) is 10.7. The van der Waals surface area contributed by atoms with Crippen LogP contribution in [0.5, 0.6) is 0 Å². The molecule has 1 aromatic carbocycles. The summed E-state index contributed by atoms with van der Waals surface area (Å²) in [4.78, 5) is 0. The molecule has 0 atom stereocenters. The Hall–Kier alpha value is -1.48. The lowest BCUT2D eigenvalue weighted by molar-refractivity contribution is 0.171. The minimum absolute atomic E-state index is 0.0916.